The smallest absolute Gasteiger partial charge is 0.433 e. The molecule has 0 amide bonds. The van der Waals surface area contributed by atoms with Crippen LogP contribution < -0.4 is 10.2 Å². The molecule has 2 aromatic heterocycles. The number of methoxy groups -OCH3 is 1. The number of nitrogens with zero attached hydrogens (tertiary/aromatic N) is 5. The largest absolute Gasteiger partial charge is 0.497 e. The molecule has 2 heterocycles. The second-order valence-corrected chi connectivity index (χ2v) is 5.77. The van der Waals surface area contributed by atoms with Crippen LogP contribution in [0.4, 0.5) is 23.5 Å². The van der Waals surface area contributed by atoms with Crippen molar-refractivity contribution in [3.8, 4) is 17.0 Å². The van der Waals surface area contributed by atoms with E-state index in [-0.39, 0.29) is 11.3 Å². The number of halogens is 4. The van der Waals surface area contributed by atoms with Crippen molar-refractivity contribution in [3.05, 3.63) is 53.7 Å². The predicted molar refractivity (Wildman–Crippen MR) is 98.1 cm³/mol. The number of alkyl halides is 3. The van der Waals surface area contributed by atoms with Crippen molar-refractivity contribution >= 4 is 12.2 Å². The molecule has 1 N–H and O–H groups in total. The van der Waals surface area contributed by atoms with Gasteiger partial charge in [0.25, 0.3) is 0 Å². The van der Waals surface area contributed by atoms with E-state index >= 15 is 0 Å². The summed E-state index contributed by atoms with van der Waals surface area (Å²) in [6.45, 7) is 2.04. The highest BCUT2D eigenvalue weighted by molar-refractivity contribution is 5.79. The maximum absolute atomic E-state index is 13.9. The van der Waals surface area contributed by atoms with Crippen molar-refractivity contribution < 1.29 is 22.3 Å². The van der Waals surface area contributed by atoms with Crippen LogP contribution in [-0.4, -0.2) is 33.1 Å². The lowest BCUT2D eigenvalue weighted by Gasteiger charge is -2.10. The number of hydrogen-bond acceptors (Lipinski definition) is 6. The minimum atomic E-state index is -4.69. The van der Waals surface area contributed by atoms with E-state index in [4.69, 9.17) is 4.74 Å². The molecular formula is C18H16F4N6O. The molecule has 11 heteroatoms. The van der Waals surface area contributed by atoms with Crippen molar-refractivity contribution in [1.29, 1.82) is 0 Å². The fraction of sp³-hybridized carbons (Fsp3) is 0.222. The van der Waals surface area contributed by atoms with Gasteiger partial charge in [-0.2, -0.15) is 27.8 Å². The molecule has 0 unspecified atom stereocenters. The Labute approximate surface area is 163 Å². The number of anilines is 1. The molecule has 0 aliphatic rings. The Balaban J connectivity index is 1.93. The molecule has 0 spiro atoms. The average Bonchev–Trinajstić information content (AvgIpc) is 3.07. The summed E-state index contributed by atoms with van der Waals surface area (Å²) in [4.78, 5) is 7.50. The first-order chi connectivity index (χ1) is 13.8. The summed E-state index contributed by atoms with van der Waals surface area (Å²) >= 11 is 0. The summed E-state index contributed by atoms with van der Waals surface area (Å²) in [6.07, 6.45) is -2.35. The number of benzene rings is 1. The van der Waals surface area contributed by atoms with Gasteiger partial charge in [-0.3, -0.25) is 0 Å². The standard InChI is InChI=1S/C18H16F4N6O/c1-3-28-16(19)12(10-24-28)9-23-27-17-25-14(8-15(26-17)18(20,21)22)11-5-4-6-13(7-11)29-2/h4-10H,3H2,1-2H3,(H,25,26,27). The second kappa shape index (κ2) is 8.25. The molecule has 7 nitrogen and oxygen atoms in total. The van der Waals surface area contributed by atoms with Crippen LogP contribution in [0.3, 0.4) is 0 Å². The normalized spacial score (nSPS) is 11.8. The Morgan fingerprint density at radius 2 is 2.03 bits per heavy atom. The third kappa shape index (κ3) is 4.68. The number of aromatic nitrogens is 4. The summed E-state index contributed by atoms with van der Waals surface area (Å²) in [6, 6.07) is 7.25. The van der Waals surface area contributed by atoms with E-state index in [0.717, 1.165) is 17.0 Å². The van der Waals surface area contributed by atoms with Gasteiger partial charge < -0.3 is 4.74 Å². The van der Waals surface area contributed by atoms with Crippen LogP contribution in [0, 0.1) is 5.95 Å². The maximum Gasteiger partial charge on any atom is 0.433 e. The Morgan fingerprint density at radius 1 is 1.24 bits per heavy atom. The molecule has 0 aliphatic carbocycles. The Hall–Kier alpha value is -3.50. The van der Waals surface area contributed by atoms with Gasteiger partial charge in [-0.25, -0.2) is 20.1 Å². The van der Waals surface area contributed by atoms with Gasteiger partial charge in [-0.05, 0) is 25.1 Å². The van der Waals surface area contributed by atoms with E-state index in [1.165, 1.54) is 13.3 Å². The zero-order valence-electron chi connectivity index (χ0n) is 15.4. The van der Waals surface area contributed by atoms with Gasteiger partial charge in [-0.15, -0.1) is 0 Å². The van der Waals surface area contributed by atoms with E-state index in [1.54, 1.807) is 31.2 Å². The van der Waals surface area contributed by atoms with E-state index in [2.05, 4.69) is 25.6 Å². The van der Waals surface area contributed by atoms with Crippen LogP contribution in [0.1, 0.15) is 18.2 Å². The lowest BCUT2D eigenvalue weighted by molar-refractivity contribution is -0.141. The number of nitrogens with one attached hydrogen (secondary N) is 1. The van der Waals surface area contributed by atoms with E-state index in [1.807, 2.05) is 0 Å². The Kier molecular flexibility index (Phi) is 5.76. The van der Waals surface area contributed by atoms with Gasteiger partial charge in [0.05, 0.1) is 30.8 Å². The highest BCUT2D eigenvalue weighted by Gasteiger charge is 2.34. The van der Waals surface area contributed by atoms with Crippen molar-refractivity contribution in [1.82, 2.24) is 19.7 Å². The summed E-state index contributed by atoms with van der Waals surface area (Å²) in [5.41, 5.74) is 1.66. The zero-order chi connectivity index (χ0) is 21.0. The quantitative estimate of drug-likeness (QED) is 0.379. The highest BCUT2D eigenvalue weighted by Crippen LogP contribution is 2.32. The lowest BCUT2D eigenvalue weighted by atomic mass is 10.1. The van der Waals surface area contributed by atoms with Crippen LogP contribution in [0.15, 0.2) is 41.6 Å². The summed E-state index contributed by atoms with van der Waals surface area (Å²) < 4.78 is 59.9. The topological polar surface area (TPSA) is 77.2 Å². The third-order valence-corrected chi connectivity index (χ3v) is 3.85. The number of ether oxygens (including phenoxy) is 1. The van der Waals surface area contributed by atoms with Gasteiger partial charge in [0, 0.05) is 12.1 Å². The first kappa shape index (κ1) is 20.2. The molecule has 0 saturated carbocycles. The summed E-state index contributed by atoms with van der Waals surface area (Å²) in [7, 11) is 1.45. The summed E-state index contributed by atoms with van der Waals surface area (Å²) in [5.74, 6) is -0.539. The molecule has 0 saturated heterocycles. The number of hydrazone groups is 1. The van der Waals surface area contributed by atoms with Crippen LogP contribution in [0.2, 0.25) is 0 Å². The number of rotatable bonds is 6. The van der Waals surface area contributed by atoms with Gasteiger partial charge in [0.1, 0.15) is 5.75 Å². The van der Waals surface area contributed by atoms with Gasteiger partial charge in [-0.1, -0.05) is 12.1 Å². The minimum Gasteiger partial charge on any atom is -0.497 e. The molecule has 0 atom stereocenters. The van der Waals surface area contributed by atoms with Crippen molar-refractivity contribution in [2.24, 2.45) is 5.10 Å². The van der Waals surface area contributed by atoms with Gasteiger partial charge >= 0.3 is 6.18 Å². The van der Waals surface area contributed by atoms with E-state index < -0.39 is 23.8 Å². The Morgan fingerprint density at radius 3 is 2.69 bits per heavy atom. The number of aryl methyl sites for hydroxylation is 1. The first-order valence-electron chi connectivity index (χ1n) is 8.43. The molecule has 29 heavy (non-hydrogen) atoms. The third-order valence-electron chi connectivity index (χ3n) is 3.85. The molecule has 1 aromatic carbocycles. The molecule has 3 rings (SSSR count). The number of hydrogen-bond donors (Lipinski definition) is 1. The molecule has 0 fully saturated rings. The maximum atomic E-state index is 13.9. The molecule has 0 bridgehead atoms. The average molecular weight is 408 g/mol. The van der Waals surface area contributed by atoms with Gasteiger partial charge in [0.2, 0.25) is 11.9 Å². The predicted octanol–water partition coefficient (Wildman–Crippen LogP) is 3.97. The minimum absolute atomic E-state index is 0.0221. The monoisotopic (exact) mass is 408 g/mol. The molecule has 0 radical (unpaired) electrons. The molecule has 3 aromatic rings. The molecule has 0 aliphatic heterocycles. The van der Waals surface area contributed by atoms with Crippen LogP contribution in [0.5, 0.6) is 5.75 Å². The van der Waals surface area contributed by atoms with Crippen LogP contribution >= 0.6 is 0 Å². The van der Waals surface area contributed by atoms with Crippen molar-refractivity contribution in [2.75, 3.05) is 12.5 Å². The summed E-state index contributed by atoms with van der Waals surface area (Å²) in [5, 5.41) is 7.53. The van der Waals surface area contributed by atoms with Crippen LogP contribution in [-0.2, 0) is 12.7 Å². The molecule has 152 valence electrons. The Bertz CT molecular complexity index is 1030. The van der Waals surface area contributed by atoms with Crippen molar-refractivity contribution in [3.63, 3.8) is 0 Å². The van der Waals surface area contributed by atoms with Crippen LogP contribution in [0.25, 0.3) is 11.3 Å². The first-order valence-corrected chi connectivity index (χ1v) is 8.43. The van der Waals surface area contributed by atoms with Crippen molar-refractivity contribution in [2.45, 2.75) is 19.6 Å². The fourth-order valence-corrected chi connectivity index (χ4v) is 2.42. The lowest BCUT2D eigenvalue weighted by Crippen LogP contribution is -2.11. The molecular weight excluding hydrogens is 392 g/mol. The second-order valence-electron chi connectivity index (χ2n) is 5.77. The SMILES string of the molecule is CCn1ncc(C=NNc2nc(-c3cccc(OC)c3)cc(C(F)(F)F)n2)c1F. The zero-order valence-corrected chi connectivity index (χ0v) is 15.4. The van der Waals surface area contributed by atoms with E-state index in [0.29, 0.717) is 17.9 Å². The fourth-order valence-electron chi connectivity index (χ4n) is 2.42. The highest BCUT2D eigenvalue weighted by atomic mass is 19.4. The van der Waals surface area contributed by atoms with E-state index in [9.17, 15) is 17.6 Å². The van der Waals surface area contributed by atoms with Gasteiger partial charge in [0.15, 0.2) is 5.69 Å².